The molecule has 0 atom stereocenters. The SMILES string of the molecule is CCCN(CCC)C(=O)c1cccc(OCc2ccc(Br)cc2)c1. The van der Waals surface area contributed by atoms with Crippen LogP contribution in [0.2, 0.25) is 0 Å². The van der Waals surface area contributed by atoms with Gasteiger partial charge in [0.2, 0.25) is 0 Å². The first-order chi connectivity index (χ1) is 11.6. The second kappa shape index (κ2) is 9.48. The van der Waals surface area contributed by atoms with Crippen LogP contribution in [0.4, 0.5) is 0 Å². The maximum Gasteiger partial charge on any atom is 0.253 e. The van der Waals surface area contributed by atoms with E-state index in [9.17, 15) is 4.79 Å². The van der Waals surface area contributed by atoms with Crippen LogP contribution in [0.25, 0.3) is 0 Å². The lowest BCUT2D eigenvalue weighted by Crippen LogP contribution is -2.32. The quantitative estimate of drug-likeness (QED) is 0.613. The average Bonchev–Trinajstić information content (AvgIpc) is 2.61. The molecule has 0 fully saturated rings. The van der Waals surface area contributed by atoms with E-state index in [1.807, 2.05) is 53.4 Å². The molecule has 1 amide bonds. The molecule has 0 heterocycles. The number of halogens is 1. The molecule has 2 rings (SSSR count). The third-order valence-electron chi connectivity index (χ3n) is 3.67. The van der Waals surface area contributed by atoms with Crippen molar-refractivity contribution in [3.05, 3.63) is 64.1 Å². The van der Waals surface area contributed by atoms with Crippen molar-refractivity contribution >= 4 is 21.8 Å². The van der Waals surface area contributed by atoms with Crippen LogP contribution in [-0.2, 0) is 6.61 Å². The highest BCUT2D eigenvalue weighted by Gasteiger charge is 2.14. The summed E-state index contributed by atoms with van der Waals surface area (Å²) in [7, 11) is 0. The van der Waals surface area contributed by atoms with Gasteiger partial charge in [-0.3, -0.25) is 4.79 Å². The van der Waals surface area contributed by atoms with Crippen LogP contribution < -0.4 is 4.74 Å². The number of ether oxygens (including phenoxy) is 1. The van der Waals surface area contributed by atoms with Gasteiger partial charge in [-0.05, 0) is 48.7 Å². The summed E-state index contributed by atoms with van der Waals surface area (Å²) in [6.07, 6.45) is 1.93. The van der Waals surface area contributed by atoms with Gasteiger partial charge in [-0.1, -0.05) is 48.0 Å². The van der Waals surface area contributed by atoms with E-state index in [1.165, 1.54) is 0 Å². The highest BCUT2D eigenvalue weighted by Crippen LogP contribution is 2.18. The molecule has 0 aliphatic heterocycles. The fraction of sp³-hybridized carbons (Fsp3) is 0.350. The molecule has 0 saturated carbocycles. The minimum absolute atomic E-state index is 0.0767. The van der Waals surface area contributed by atoms with Gasteiger partial charge in [-0.2, -0.15) is 0 Å². The van der Waals surface area contributed by atoms with Gasteiger partial charge < -0.3 is 9.64 Å². The number of hydrogen-bond acceptors (Lipinski definition) is 2. The Morgan fingerprint density at radius 2 is 1.71 bits per heavy atom. The molecular formula is C20H24BrNO2. The largest absolute Gasteiger partial charge is 0.489 e. The summed E-state index contributed by atoms with van der Waals surface area (Å²) < 4.78 is 6.88. The molecule has 0 radical (unpaired) electrons. The number of benzene rings is 2. The third-order valence-corrected chi connectivity index (χ3v) is 4.20. The van der Waals surface area contributed by atoms with E-state index < -0.39 is 0 Å². The van der Waals surface area contributed by atoms with Gasteiger partial charge in [-0.25, -0.2) is 0 Å². The number of carbonyl (C=O) groups is 1. The Labute approximate surface area is 152 Å². The molecule has 0 aliphatic carbocycles. The van der Waals surface area contributed by atoms with Gasteiger partial charge in [0.05, 0.1) is 0 Å². The zero-order valence-corrected chi connectivity index (χ0v) is 15.9. The van der Waals surface area contributed by atoms with Crippen LogP contribution >= 0.6 is 15.9 Å². The first-order valence-electron chi connectivity index (χ1n) is 8.40. The summed E-state index contributed by atoms with van der Waals surface area (Å²) in [5.74, 6) is 0.796. The molecular weight excluding hydrogens is 366 g/mol. The Hall–Kier alpha value is -1.81. The predicted molar refractivity (Wildman–Crippen MR) is 101 cm³/mol. The van der Waals surface area contributed by atoms with Crippen LogP contribution in [0, 0.1) is 0 Å². The van der Waals surface area contributed by atoms with Crippen LogP contribution in [-0.4, -0.2) is 23.9 Å². The van der Waals surface area contributed by atoms with Gasteiger partial charge in [0.1, 0.15) is 12.4 Å². The summed E-state index contributed by atoms with van der Waals surface area (Å²) in [5, 5.41) is 0. The normalized spacial score (nSPS) is 10.5. The third kappa shape index (κ3) is 5.38. The summed E-state index contributed by atoms with van der Waals surface area (Å²) in [6.45, 7) is 6.24. The summed E-state index contributed by atoms with van der Waals surface area (Å²) in [4.78, 5) is 14.6. The van der Waals surface area contributed by atoms with Crippen molar-refractivity contribution in [2.24, 2.45) is 0 Å². The zero-order chi connectivity index (χ0) is 17.4. The Bertz CT molecular complexity index is 649. The molecule has 3 nitrogen and oxygen atoms in total. The second-order valence-corrected chi connectivity index (χ2v) is 6.65. The van der Waals surface area contributed by atoms with Gasteiger partial charge in [0, 0.05) is 23.1 Å². The van der Waals surface area contributed by atoms with Crippen molar-refractivity contribution in [2.45, 2.75) is 33.3 Å². The average molecular weight is 390 g/mol. The molecule has 0 saturated heterocycles. The first-order valence-corrected chi connectivity index (χ1v) is 9.20. The molecule has 0 aliphatic rings. The fourth-order valence-electron chi connectivity index (χ4n) is 2.50. The van der Waals surface area contributed by atoms with Crippen LogP contribution in [0.3, 0.4) is 0 Å². The van der Waals surface area contributed by atoms with Crippen LogP contribution in [0.1, 0.15) is 42.6 Å². The van der Waals surface area contributed by atoms with Crippen molar-refractivity contribution in [2.75, 3.05) is 13.1 Å². The van der Waals surface area contributed by atoms with E-state index in [0.717, 1.165) is 41.7 Å². The van der Waals surface area contributed by atoms with Gasteiger partial charge in [0.25, 0.3) is 5.91 Å². The minimum Gasteiger partial charge on any atom is -0.489 e. The van der Waals surface area contributed by atoms with E-state index in [4.69, 9.17) is 4.74 Å². The standard InChI is InChI=1S/C20H24BrNO2/c1-3-12-22(13-4-2)20(23)17-6-5-7-19(14-17)24-15-16-8-10-18(21)11-9-16/h5-11,14H,3-4,12-13,15H2,1-2H3. The van der Waals surface area contributed by atoms with E-state index in [1.54, 1.807) is 0 Å². The highest BCUT2D eigenvalue weighted by molar-refractivity contribution is 9.10. The van der Waals surface area contributed by atoms with Crippen LogP contribution in [0.5, 0.6) is 5.75 Å². The molecule has 0 N–H and O–H groups in total. The molecule has 24 heavy (non-hydrogen) atoms. The van der Waals surface area contributed by atoms with Gasteiger partial charge in [0.15, 0.2) is 0 Å². The Morgan fingerprint density at radius 1 is 1.04 bits per heavy atom. The maximum atomic E-state index is 12.7. The molecule has 0 aromatic heterocycles. The molecule has 2 aromatic rings. The van der Waals surface area contributed by atoms with E-state index >= 15 is 0 Å². The second-order valence-electron chi connectivity index (χ2n) is 5.74. The van der Waals surface area contributed by atoms with E-state index in [0.29, 0.717) is 12.2 Å². The monoisotopic (exact) mass is 389 g/mol. The first kappa shape index (κ1) is 18.5. The number of nitrogens with zero attached hydrogens (tertiary/aromatic N) is 1. The predicted octanol–water partition coefficient (Wildman–Crippen LogP) is 5.29. The maximum absolute atomic E-state index is 12.7. The molecule has 4 heteroatoms. The summed E-state index contributed by atoms with van der Waals surface area (Å²) >= 11 is 3.42. The molecule has 2 aromatic carbocycles. The van der Waals surface area contributed by atoms with Crippen LogP contribution in [0.15, 0.2) is 53.0 Å². The topological polar surface area (TPSA) is 29.5 Å². The lowest BCUT2D eigenvalue weighted by Gasteiger charge is -2.21. The van der Waals surface area contributed by atoms with Crippen molar-refractivity contribution in [1.82, 2.24) is 4.90 Å². The van der Waals surface area contributed by atoms with Crippen molar-refractivity contribution in [1.29, 1.82) is 0 Å². The van der Waals surface area contributed by atoms with E-state index in [-0.39, 0.29) is 5.91 Å². The van der Waals surface area contributed by atoms with Crippen molar-refractivity contribution in [3.63, 3.8) is 0 Å². The van der Waals surface area contributed by atoms with Crippen molar-refractivity contribution < 1.29 is 9.53 Å². The zero-order valence-electron chi connectivity index (χ0n) is 14.3. The number of rotatable bonds is 8. The van der Waals surface area contributed by atoms with Crippen molar-refractivity contribution in [3.8, 4) is 5.75 Å². The summed E-state index contributed by atoms with van der Waals surface area (Å²) in [5.41, 5.74) is 1.78. The molecule has 128 valence electrons. The minimum atomic E-state index is 0.0767. The number of hydrogen-bond donors (Lipinski definition) is 0. The van der Waals surface area contributed by atoms with Gasteiger partial charge in [-0.15, -0.1) is 0 Å². The Kier molecular flexibility index (Phi) is 7.32. The van der Waals surface area contributed by atoms with Gasteiger partial charge >= 0.3 is 0 Å². The summed E-state index contributed by atoms with van der Waals surface area (Å²) in [6, 6.07) is 15.5. The van der Waals surface area contributed by atoms with E-state index in [2.05, 4.69) is 29.8 Å². The molecule has 0 bridgehead atoms. The lowest BCUT2D eigenvalue weighted by atomic mass is 10.1. The molecule has 0 unspecified atom stereocenters. The Morgan fingerprint density at radius 3 is 2.33 bits per heavy atom. The Balaban J connectivity index is 2.04. The number of amides is 1. The lowest BCUT2D eigenvalue weighted by molar-refractivity contribution is 0.0755. The smallest absolute Gasteiger partial charge is 0.253 e. The highest BCUT2D eigenvalue weighted by atomic mass is 79.9. The molecule has 0 spiro atoms. The number of carbonyl (C=O) groups excluding carboxylic acids is 1. The fourth-order valence-corrected chi connectivity index (χ4v) is 2.77.